The second-order valence-corrected chi connectivity index (χ2v) is 14.4. The van der Waals surface area contributed by atoms with Gasteiger partial charge in [-0.3, -0.25) is 0 Å². The van der Waals surface area contributed by atoms with Crippen molar-refractivity contribution in [1.82, 2.24) is 0 Å². The van der Waals surface area contributed by atoms with E-state index in [1.807, 2.05) is 0 Å². The first-order valence-corrected chi connectivity index (χ1v) is 17.4. The number of hydrogen-bond acceptors (Lipinski definition) is 3. The van der Waals surface area contributed by atoms with Crippen molar-refractivity contribution in [3.05, 3.63) is 145 Å². The van der Waals surface area contributed by atoms with Crippen molar-refractivity contribution in [3.63, 3.8) is 0 Å². The molecule has 10 rings (SSSR count). The summed E-state index contributed by atoms with van der Waals surface area (Å²) in [5, 5.41) is 0. The van der Waals surface area contributed by atoms with E-state index in [0.717, 1.165) is 28.6 Å². The van der Waals surface area contributed by atoms with Gasteiger partial charge in [-0.1, -0.05) is 105 Å². The second kappa shape index (κ2) is 10.1. The van der Waals surface area contributed by atoms with Gasteiger partial charge in [0.2, 0.25) is 0 Å². The molecule has 48 heavy (non-hydrogen) atoms. The number of hydrogen-bond donors (Lipinski definition) is 0. The van der Waals surface area contributed by atoms with E-state index < -0.39 is 0 Å². The molecule has 3 nitrogen and oxygen atoms in total. The molecule has 0 N–H and O–H groups in total. The van der Waals surface area contributed by atoms with Gasteiger partial charge >= 0.3 is 0 Å². The molecule has 0 radical (unpaired) electrons. The van der Waals surface area contributed by atoms with E-state index in [1.165, 1.54) is 70.1 Å². The Morgan fingerprint density at radius 2 is 1.29 bits per heavy atom. The van der Waals surface area contributed by atoms with E-state index in [1.54, 1.807) is 0 Å². The van der Waals surface area contributed by atoms with Gasteiger partial charge in [0.05, 0.1) is 5.54 Å². The number of anilines is 5. The van der Waals surface area contributed by atoms with Gasteiger partial charge in [-0.25, -0.2) is 0 Å². The van der Waals surface area contributed by atoms with Crippen LogP contribution < -0.4 is 30.9 Å². The van der Waals surface area contributed by atoms with Crippen LogP contribution in [0.15, 0.2) is 140 Å². The third kappa shape index (κ3) is 3.72. The fourth-order valence-corrected chi connectivity index (χ4v) is 9.57. The first kappa shape index (κ1) is 27.9. The molecule has 4 aliphatic rings. The van der Waals surface area contributed by atoms with Gasteiger partial charge in [0.25, 0.3) is 6.71 Å². The van der Waals surface area contributed by atoms with Crippen LogP contribution in [0.25, 0.3) is 11.1 Å². The summed E-state index contributed by atoms with van der Waals surface area (Å²) in [6.07, 6.45) is 5.00. The Labute approximate surface area is 283 Å². The molecule has 6 aromatic rings. The lowest BCUT2D eigenvalue weighted by Gasteiger charge is -2.52. The molecule has 1 aliphatic carbocycles. The van der Waals surface area contributed by atoms with Gasteiger partial charge < -0.3 is 14.5 Å². The van der Waals surface area contributed by atoms with Crippen LogP contribution in [0.5, 0.6) is 11.5 Å². The minimum absolute atomic E-state index is 0.0374. The molecule has 3 heterocycles. The summed E-state index contributed by atoms with van der Waals surface area (Å²) >= 11 is 0. The molecule has 2 atom stereocenters. The normalized spacial score (nSPS) is 21.0. The van der Waals surface area contributed by atoms with Crippen LogP contribution in [-0.2, 0) is 5.41 Å². The average molecular weight is 621 g/mol. The largest absolute Gasteiger partial charge is 0.458 e. The van der Waals surface area contributed by atoms with Crippen LogP contribution in [0, 0.1) is 0 Å². The topological polar surface area (TPSA) is 15.7 Å². The van der Waals surface area contributed by atoms with E-state index in [9.17, 15) is 0 Å². The zero-order valence-electron chi connectivity index (χ0n) is 27.5. The van der Waals surface area contributed by atoms with Gasteiger partial charge in [0.15, 0.2) is 0 Å². The smallest absolute Gasteiger partial charge is 0.256 e. The lowest BCUT2D eigenvalue weighted by Crippen LogP contribution is -2.63. The maximum atomic E-state index is 6.78. The van der Waals surface area contributed by atoms with Crippen molar-refractivity contribution in [2.75, 3.05) is 9.80 Å². The van der Waals surface area contributed by atoms with E-state index in [-0.39, 0.29) is 17.7 Å². The molecule has 0 aromatic heterocycles. The lowest BCUT2D eigenvalue weighted by molar-refractivity contribution is 0.195. The summed E-state index contributed by atoms with van der Waals surface area (Å²) in [5.74, 6) is 1.95. The van der Waals surface area contributed by atoms with Crippen LogP contribution in [0.4, 0.5) is 28.4 Å². The molecule has 0 saturated heterocycles. The zero-order chi connectivity index (χ0) is 32.0. The molecule has 1 unspecified atom stereocenters. The fourth-order valence-electron chi connectivity index (χ4n) is 9.57. The minimum atomic E-state index is 0.0374. The van der Waals surface area contributed by atoms with Gasteiger partial charge in [0, 0.05) is 33.9 Å². The molecule has 0 amide bonds. The minimum Gasteiger partial charge on any atom is -0.458 e. The molecule has 6 aromatic carbocycles. The van der Waals surface area contributed by atoms with E-state index in [0.29, 0.717) is 0 Å². The maximum absolute atomic E-state index is 6.78. The first-order chi connectivity index (χ1) is 23.5. The standard InChI is InChI=1S/C44H37BN2O/c1-43-26-9-10-27-44(43,2)47-38-22-13-23-40-41(38)45(36-21-12-20-35(43)42(36)47)37-29-31(24-25-39(37)48-40)30-14-11-19-34(28-30)46(32-15-5-3-6-16-32)33-17-7-4-8-18-33/h3-8,11-25,28-29H,9-10,26-27H2,1-2H3/t43-,44?/m1/s1. The van der Waals surface area contributed by atoms with Crippen LogP contribution in [-0.4, -0.2) is 12.3 Å². The predicted octanol–water partition coefficient (Wildman–Crippen LogP) is 9.50. The van der Waals surface area contributed by atoms with Gasteiger partial charge in [-0.2, -0.15) is 0 Å². The van der Waals surface area contributed by atoms with Crippen LogP contribution >= 0.6 is 0 Å². The van der Waals surface area contributed by atoms with Gasteiger partial charge in [-0.05, 0) is 107 Å². The second-order valence-electron chi connectivity index (χ2n) is 14.4. The Morgan fingerprint density at radius 1 is 0.604 bits per heavy atom. The fraction of sp³-hybridized carbons (Fsp3) is 0.182. The summed E-state index contributed by atoms with van der Waals surface area (Å²) in [5.41, 5.74) is 14.2. The first-order valence-electron chi connectivity index (χ1n) is 17.4. The summed E-state index contributed by atoms with van der Waals surface area (Å²) in [4.78, 5) is 5.06. The Hall–Kier alpha value is -5.22. The average Bonchev–Trinajstić information content (AvgIpc) is 3.35. The SMILES string of the molecule is CC12CCCC[C@]1(C)c1cccc3c1N2c1cccc2c1B3c1cc(-c3cccc(N(c4ccccc4)c4ccccc4)c3)ccc1O2. The highest BCUT2D eigenvalue weighted by molar-refractivity contribution is 6.99. The number of ether oxygens (including phenoxy) is 1. The van der Waals surface area contributed by atoms with Crippen molar-refractivity contribution in [2.45, 2.75) is 50.5 Å². The third-order valence-electron chi connectivity index (χ3n) is 12.0. The molecule has 232 valence electrons. The summed E-state index contributed by atoms with van der Waals surface area (Å²) in [6.45, 7) is 5.17. The summed E-state index contributed by atoms with van der Waals surface area (Å²) < 4.78 is 6.78. The molecule has 0 spiro atoms. The third-order valence-corrected chi connectivity index (χ3v) is 12.0. The Kier molecular flexibility index (Phi) is 5.89. The molecule has 3 aliphatic heterocycles. The lowest BCUT2D eigenvalue weighted by atomic mass is 9.34. The molecule has 1 fully saturated rings. The highest BCUT2D eigenvalue weighted by Gasteiger charge is 2.61. The number of nitrogens with zero attached hydrogens (tertiary/aromatic N) is 2. The van der Waals surface area contributed by atoms with Crippen molar-refractivity contribution in [1.29, 1.82) is 0 Å². The molecule has 1 saturated carbocycles. The molecular weight excluding hydrogens is 583 g/mol. The van der Waals surface area contributed by atoms with Crippen molar-refractivity contribution in [3.8, 4) is 22.6 Å². The van der Waals surface area contributed by atoms with Crippen LogP contribution in [0.3, 0.4) is 0 Å². The van der Waals surface area contributed by atoms with Crippen molar-refractivity contribution < 1.29 is 4.74 Å². The van der Waals surface area contributed by atoms with Crippen LogP contribution in [0.1, 0.15) is 45.1 Å². The highest BCUT2D eigenvalue weighted by Crippen LogP contribution is 2.61. The summed E-state index contributed by atoms with van der Waals surface area (Å²) in [6, 6.07) is 50.8. The highest BCUT2D eigenvalue weighted by atomic mass is 16.5. The zero-order valence-corrected chi connectivity index (χ0v) is 27.5. The quantitative estimate of drug-likeness (QED) is 0.182. The monoisotopic (exact) mass is 620 g/mol. The van der Waals surface area contributed by atoms with E-state index in [2.05, 4.69) is 163 Å². The van der Waals surface area contributed by atoms with Crippen LogP contribution in [0.2, 0.25) is 0 Å². The maximum Gasteiger partial charge on any atom is 0.256 e. The molecule has 0 bridgehead atoms. The van der Waals surface area contributed by atoms with E-state index >= 15 is 0 Å². The predicted molar refractivity (Wildman–Crippen MR) is 201 cm³/mol. The van der Waals surface area contributed by atoms with Gasteiger partial charge in [0.1, 0.15) is 11.5 Å². The van der Waals surface area contributed by atoms with Gasteiger partial charge in [-0.15, -0.1) is 0 Å². The van der Waals surface area contributed by atoms with E-state index in [4.69, 9.17) is 4.74 Å². The van der Waals surface area contributed by atoms with Crippen molar-refractivity contribution >= 4 is 51.5 Å². The molecule has 4 heteroatoms. The Bertz CT molecular complexity index is 2190. The Morgan fingerprint density at radius 3 is 2.08 bits per heavy atom. The summed E-state index contributed by atoms with van der Waals surface area (Å²) in [7, 11) is 0. The number of fused-ring (bicyclic) bond motifs is 7. The molecular formula is C44H37BN2O. The number of rotatable bonds is 4. The van der Waals surface area contributed by atoms with Crippen molar-refractivity contribution in [2.24, 2.45) is 0 Å². The Balaban J connectivity index is 1.13. The number of benzene rings is 6. The number of para-hydroxylation sites is 3.